The molecule has 5 heteroatoms. The third kappa shape index (κ3) is 3.15. The number of benzene rings is 1. The lowest BCUT2D eigenvalue weighted by Gasteiger charge is -2.28. The molecule has 2 rings (SSSR count). The molecule has 0 aromatic heterocycles. The molecule has 0 aliphatic heterocycles. The predicted octanol–water partition coefficient (Wildman–Crippen LogP) is 1.61. The minimum atomic E-state index is -1.19. The molecule has 0 fully saturated rings. The smallest absolute Gasteiger partial charge is 0.228 e. The van der Waals surface area contributed by atoms with Crippen molar-refractivity contribution in [3.05, 3.63) is 41.4 Å². The summed E-state index contributed by atoms with van der Waals surface area (Å²) in [6.45, 7) is 0. The van der Waals surface area contributed by atoms with Crippen molar-refractivity contribution in [1.82, 2.24) is 0 Å². The van der Waals surface area contributed by atoms with Gasteiger partial charge in [0.25, 0.3) is 0 Å². The number of carboxylic acid groups (broad SMARTS) is 1. The van der Waals surface area contributed by atoms with Crippen LogP contribution in [0.1, 0.15) is 12.8 Å². The summed E-state index contributed by atoms with van der Waals surface area (Å²) in [5, 5.41) is 14.1. The molecule has 0 unspecified atom stereocenters. The Bertz CT molecular complexity index is 527. The third-order valence-corrected chi connectivity index (χ3v) is 3.53. The zero-order valence-electron chi connectivity index (χ0n) is 10.1. The summed E-state index contributed by atoms with van der Waals surface area (Å²) < 4.78 is 0. The van der Waals surface area contributed by atoms with Crippen molar-refractivity contribution >= 4 is 29.2 Å². The van der Waals surface area contributed by atoms with Crippen LogP contribution < -0.4 is 10.4 Å². The lowest BCUT2D eigenvalue weighted by atomic mass is 9.82. The molecule has 0 bridgehead atoms. The standard InChI is InChI=1S/C14H14ClNO3/c15-11-7-3-4-8-12(11)16-13(17)9-5-1-2-6-10(9)14(18)19/h1-4,7-10H,5-6H2,(H,16,17)(H,18,19)/p-1/t9-,10-/m1/s1. The van der Waals surface area contributed by atoms with E-state index in [1.54, 1.807) is 30.3 Å². The fourth-order valence-corrected chi connectivity index (χ4v) is 2.34. The highest BCUT2D eigenvalue weighted by Crippen LogP contribution is 2.28. The predicted molar refractivity (Wildman–Crippen MR) is 70.4 cm³/mol. The van der Waals surface area contributed by atoms with Crippen molar-refractivity contribution < 1.29 is 14.7 Å². The fourth-order valence-electron chi connectivity index (χ4n) is 2.15. The number of para-hydroxylation sites is 1. The van der Waals surface area contributed by atoms with E-state index in [0.29, 0.717) is 23.6 Å². The van der Waals surface area contributed by atoms with Gasteiger partial charge in [0.1, 0.15) is 0 Å². The van der Waals surface area contributed by atoms with Crippen LogP contribution in [0.2, 0.25) is 5.02 Å². The number of allylic oxidation sites excluding steroid dienone is 2. The molecule has 0 spiro atoms. The first-order valence-electron chi connectivity index (χ1n) is 6.01. The fraction of sp³-hybridized carbons (Fsp3) is 0.286. The van der Waals surface area contributed by atoms with Gasteiger partial charge in [0.2, 0.25) is 5.91 Å². The molecule has 1 aliphatic rings. The molecule has 2 atom stereocenters. The SMILES string of the molecule is O=C([O-])[C@@H]1CC=CC[C@H]1C(=O)Nc1ccccc1Cl. The van der Waals surface area contributed by atoms with Crippen molar-refractivity contribution in [2.24, 2.45) is 11.8 Å². The Hall–Kier alpha value is -1.81. The zero-order chi connectivity index (χ0) is 13.8. The second kappa shape index (κ2) is 5.89. The molecular formula is C14H13ClNO3-. The monoisotopic (exact) mass is 278 g/mol. The van der Waals surface area contributed by atoms with Gasteiger partial charge in [0, 0.05) is 11.9 Å². The van der Waals surface area contributed by atoms with Crippen molar-refractivity contribution in [3.63, 3.8) is 0 Å². The van der Waals surface area contributed by atoms with Crippen LogP contribution in [0, 0.1) is 11.8 Å². The minimum absolute atomic E-state index is 0.322. The summed E-state index contributed by atoms with van der Waals surface area (Å²) in [6, 6.07) is 6.84. The number of anilines is 1. The topological polar surface area (TPSA) is 69.2 Å². The Balaban J connectivity index is 2.13. The van der Waals surface area contributed by atoms with Gasteiger partial charge in [-0.1, -0.05) is 35.9 Å². The minimum Gasteiger partial charge on any atom is -0.550 e. The Morgan fingerprint density at radius 3 is 2.42 bits per heavy atom. The molecule has 1 N–H and O–H groups in total. The molecule has 0 radical (unpaired) electrons. The van der Waals surface area contributed by atoms with Crippen molar-refractivity contribution in [1.29, 1.82) is 0 Å². The average molecular weight is 279 g/mol. The highest BCUT2D eigenvalue weighted by atomic mass is 35.5. The number of carbonyl (C=O) groups excluding carboxylic acids is 2. The van der Waals surface area contributed by atoms with Crippen LogP contribution in [-0.4, -0.2) is 11.9 Å². The van der Waals surface area contributed by atoms with E-state index in [-0.39, 0.29) is 5.91 Å². The Labute approximate surface area is 116 Å². The summed E-state index contributed by atoms with van der Waals surface area (Å²) in [4.78, 5) is 23.2. The van der Waals surface area contributed by atoms with Gasteiger partial charge >= 0.3 is 0 Å². The number of carboxylic acids is 1. The molecule has 0 saturated heterocycles. The first-order valence-corrected chi connectivity index (χ1v) is 6.38. The summed E-state index contributed by atoms with van der Waals surface area (Å²) in [7, 11) is 0. The van der Waals surface area contributed by atoms with Gasteiger partial charge in [-0.15, -0.1) is 0 Å². The van der Waals surface area contributed by atoms with Gasteiger partial charge in [-0.3, -0.25) is 4.79 Å². The average Bonchev–Trinajstić information content (AvgIpc) is 2.41. The maximum Gasteiger partial charge on any atom is 0.228 e. The van der Waals surface area contributed by atoms with Crippen molar-refractivity contribution in [3.8, 4) is 0 Å². The summed E-state index contributed by atoms with van der Waals surface area (Å²) in [6.07, 6.45) is 4.30. The zero-order valence-corrected chi connectivity index (χ0v) is 10.9. The van der Waals surface area contributed by atoms with E-state index < -0.39 is 17.8 Å². The van der Waals surface area contributed by atoms with Crippen molar-refractivity contribution in [2.75, 3.05) is 5.32 Å². The van der Waals surface area contributed by atoms with Crippen LogP contribution in [0.4, 0.5) is 5.69 Å². The van der Waals surface area contributed by atoms with Crippen LogP contribution in [0.5, 0.6) is 0 Å². The van der Waals surface area contributed by atoms with Crippen LogP contribution in [0.3, 0.4) is 0 Å². The Morgan fingerprint density at radius 2 is 1.79 bits per heavy atom. The molecule has 1 aromatic carbocycles. The lowest BCUT2D eigenvalue weighted by molar-refractivity contribution is -0.313. The third-order valence-electron chi connectivity index (χ3n) is 3.20. The van der Waals surface area contributed by atoms with Gasteiger partial charge < -0.3 is 15.2 Å². The summed E-state index contributed by atoms with van der Waals surface area (Å²) in [5.41, 5.74) is 0.487. The number of carbonyl (C=O) groups is 2. The van der Waals surface area contributed by atoms with Crippen LogP contribution in [0.15, 0.2) is 36.4 Å². The van der Waals surface area contributed by atoms with Gasteiger partial charge in [-0.25, -0.2) is 0 Å². The molecule has 4 nitrogen and oxygen atoms in total. The number of amides is 1. The molecule has 1 aromatic rings. The second-order valence-electron chi connectivity index (χ2n) is 4.44. The first-order chi connectivity index (χ1) is 9.09. The Morgan fingerprint density at radius 1 is 1.16 bits per heavy atom. The number of rotatable bonds is 3. The lowest BCUT2D eigenvalue weighted by Crippen LogP contribution is -2.41. The quantitative estimate of drug-likeness (QED) is 0.854. The van der Waals surface area contributed by atoms with Crippen molar-refractivity contribution in [2.45, 2.75) is 12.8 Å². The van der Waals surface area contributed by atoms with E-state index in [1.165, 1.54) is 0 Å². The van der Waals surface area contributed by atoms with Crippen LogP contribution >= 0.6 is 11.6 Å². The highest BCUT2D eigenvalue weighted by Gasteiger charge is 2.29. The van der Waals surface area contributed by atoms with E-state index in [9.17, 15) is 14.7 Å². The maximum atomic E-state index is 12.1. The number of halogens is 1. The maximum absolute atomic E-state index is 12.1. The summed E-state index contributed by atoms with van der Waals surface area (Å²) >= 11 is 5.95. The normalized spacial score (nSPS) is 21.9. The number of aliphatic carboxylic acids is 1. The van der Waals surface area contributed by atoms with Gasteiger partial charge in [-0.2, -0.15) is 0 Å². The molecule has 1 aliphatic carbocycles. The van der Waals surface area contributed by atoms with E-state index in [0.717, 1.165) is 0 Å². The van der Waals surface area contributed by atoms with E-state index in [4.69, 9.17) is 11.6 Å². The first kappa shape index (κ1) is 13.6. The largest absolute Gasteiger partial charge is 0.550 e. The number of hydrogen-bond donors (Lipinski definition) is 1. The molecule has 0 saturated carbocycles. The highest BCUT2D eigenvalue weighted by molar-refractivity contribution is 6.33. The van der Waals surface area contributed by atoms with Crippen LogP contribution in [0.25, 0.3) is 0 Å². The van der Waals surface area contributed by atoms with Gasteiger partial charge in [0.05, 0.1) is 16.6 Å². The molecular weight excluding hydrogens is 266 g/mol. The van der Waals surface area contributed by atoms with E-state index >= 15 is 0 Å². The second-order valence-corrected chi connectivity index (χ2v) is 4.85. The van der Waals surface area contributed by atoms with E-state index in [1.807, 2.05) is 6.08 Å². The summed E-state index contributed by atoms with van der Waals surface area (Å²) in [5.74, 6) is -2.94. The van der Waals surface area contributed by atoms with Gasteiger partial charge in [-0.05, 0) is 25.0 Å². The molecule has 1 amide bonds. The number of nitrogens with one attached hydrogen (secondary N) is 1. The molecule has 19 heavy (non-hydrogen) atoms. The van der Waals surface area contributed by atoms with E-state index in [2.05, 4.69) is 5.32 Å². The molecule has 100 valence electrons. The molecule has 0 heterocycles. The van der Waals surface area contributed by atoms with Gasteiger partial charge in [0.15, 0.2) is 0 Å². The number of hydrogen-bond acceptors (Lipinski definition) is 3. The Kier molecular flexibility index (Phi) is 4.22. The van der Waals surface area contributed by atoms with Crippen LogP contribution in [-0.2, 0) is 9.59 Å².